The summed E-state index contributed by atoms with van der Waals surface area (Å²) in [6.07, 6.45) is 1.82. The molecular weight excluding hydrogens is 270 g/mol. The van der Waals surface area contributed by atoms with Gasteiger partial charge >= 0.3 is 5.97 Å². The van der Waals surface area contributed by atoms with Gasteiger partial charge in [-0.2, -0.15) is 11.8 Å². The number of anilines is 1. The molecule has 1 N–H and O–H groups in total. The van der Waals surface area contributed by atoms with Gasteiger partial charge in [-0.05, 0) is 42.9 Å². The minimum atomic E-state index is -0.606. The van der Waals surface area contributed by atoms with Crippen molar-refractivity contribution in [2.45, 2.75) is 18.4 Å². The molecule has 0 amide bonds. The van der Waals surface area contributed by atoms with Gasteiger partial charge in [0.2, 0.25) is 0 Å². The second kappa shape index (κ2) is 5.85. The first-order valence-corrected chi connectivity index (χ1v) is 7.39. The number of esters is 1. The summed E-state index contributed by atoms with van der Waals surface area (Å²) in [6.45, 7) is 0. The molecule has 18 heavy (non-hydrogen) atoms. The first-order chi connectivity index (χ1) is 8.66. The highest BCUT2D eigenvalue weighted by atomic mass is 35.5. The largest absolute Gasteiger partial charge is 0.467 e. The Morgan fingerprint density at radius 2 is 2.17 bits per heavy atom. The number of ether oxygens (including phenoxy) is 1. The molecule has 5 heteroatoms. The summed E-state index contributed by atoms with van der Waals surface area (Å²) in [6, 6.07) is 7.38. The van der Waals surface area contributed by atoms with E-state index in [1.807, 2.05) is 24.3 Å². The summed E-state index contributed by atoms with van der Waals surface area (Å²) in [5.74, 6) is 1.65. The average molecular weight is 286 g/mol. The normalized spacial score (nSPS) is 23.4. The quantitative estimate of drug-likeness (QED) is 0.866. The van der Waals surface area contributed by atoms with Crippen LogP contribution in [0.3, 0.4) is 0 Å². The monoisotopic (exact) mass is 285 g/mol. The summed E-state index contributed by atoms with van der Waals surface area (Å²) in [5.41, 5.74) is 0.290. The Balaban J connectivity index is 2.19. The number of hydrogen-bond donors (Lipinski definition) is 1. The van der Waals surface area contributed by atoms with E-state index in [4.69, 9.17) is 16.3 Å². The zero-order valence-corrected chi connectivity index (χ0v) is 11.8. The van der Waals surface area contributed by atoms with Gasteiger partial charge in [-0.1, -0.05) is 11.6 Å². The van der Waals surface area contributed by atoms with Crippen LogP contribution in [-0.4, -0.2) is 30.1 Å². The number of rotatable bonds is 3. The van der Waals surface area contributed by atoms with Crippen molar-refractivity contribution < 1.29 is 9.53 Å². The molecule has 1 unspecified atom stereocenters. The molecule has 98 valence electrons. The highest BCUT2D eigenvalue weighted by molar-refractivity contribution is 7.99. The maximum atomic E-state index is 12.0. The molecule has 0 saturated carbocycles. The van der Waals surface area contributed by atoms with Crippen molar-refractivity contribution in [1.29, 1.82) is 0 Å². The molecule has 0 spiro atoms. The number of halogens is 1. The number of carbonyl (C=O) groups excluding carboxylic acids is 1. The van der Waals surface area contributed by atoms with E-state index in [-0.39, 0.29) is 5.97 Å². The van der Waals surface area contributed by atoms with Gasteiger partial charge in [0.25, 0.3) is 0 Å². The molecule has 0 aliphatic carbocycles. The van der Waals surface area contributed by atoms with Crippen LogP contribution in [-0.2, 0) is 9.53 Å². The van der Waals surface area contributed by atoms with Gasteiger partial charge in [-0.15, -0.1) is 0 Å². The molecule has 2 rings (SSSR count). The minimum Gasteiger partial charge on any atom is -0.467 e. The molecule has 1 fully saturated rings. The zero-order valence-electron chi connectivity index (χ0n) is 10.2. The molecule has 3 nitrogen and oxygen atoms in total. The van der Waals surface area contributed by atoms with Crippen LogP contribution in [0.25, 0.3) is 0 Å². The Hall–Kier alpha value is -0.870. The molecule has 0 aromatic heterocycles. The number of nitrogens with one attached hydrogen (secondary N) is 1. The number of methoxy groups -OCH3 is 1. The van der Waals surface area contributed by atoms with Gasteiger partial charge in [-0.25, -0.2) is 4.79 Å². The molecule has 1 atom stereocenters. The Kier molecular flexibility index (Phi) is 4.40. The van der Waals surface area contributed by atoms with Crippen molar-refractivity contribution in [3.8, 4) is 0 Å². The number of carbonyl (C=O) groups is 1. The van der Waals surface area contributed by atoms with Gasteiger partial charge in [0.1, 0.15) is 5.54 Å². The third kappa shape index (κ3) is 2.93. The van der Waals surface area contributed by atoms with E-state index in [2.05, 4.69) is 5.32 Å². The predicted octanol–water partition coefficient (Wildman–Crippen LogP) is 3.19. The van der Waals surface area contributed by atoms with Crippen molar-refractivity contribution >= 4 is 35.0 Å². The van der Waals surface area contributed by atoms with Gasteiger partial charge in [0.05, 0.1) is 7.11 Å². The molecule has 1 heterocycles. The summed E-state index contributed by atoms with van der Waals surface area (Å²) < 4.78 is 4.95. The second-order valence-electron chi connectivity index (χ2n) is 4.36. The van der Waals surface area contributed by atoms with Gasteiger partial charge in [0, 0.05) is 16.5 Å². The molecular formula is C13H16ClNO2S. The van der Waals surface area contributed by atoms with Crippen LogP contribution >= 0.6 is 23.4 Å². The lowest BCUT2D eigenvalue weighted by Crippen LogP contribution is -2.51. The van der Waals surface area contributed by atoms with Gasteiger partial charge in [-0.3, -0.25) is 0 Å². The fourth-order valence-electron chi connectivity index (χ4n) is 2.11. The van der Waals surface area contributed by atoms with E-state index in [0.29, 0.717) is 5.02 Å². The first kappa shape index (κ1) is 13.6. The molecule has 1 aromatic carbocycles. The highest BCUT2D eigenvalue weighted by Crippen LogP contribution is 2.31. The van der Waals surface area contributed by atoms with Crippen molar-refractivity contribution in [2.24, 2.45) is 0 Å². The topological polar surface area (TPSA) is 38.3 Å². The summed E-state index contributed by atoms with van der Waals surface area (Å²) in [7, 11) is 1.44. The second-order valence-corrected chi connectivity index (χ2v) is 5.90. The molecule has 1 aromatic rings. The van der Waals surface area contributed by atoms with Crippen LogP contribution in [0.2, 0.25) is 5.02 Å². The fraction of sp³-hybridized carbons (Fsp3) is 0.462. The van der Waals surface area contributed by atoms with Crippen LogP contribution in [0.15, 0.2) is 24.3 Å². The van der Waals surface area contributed by atoms with Crippen LogP contribution < -0.4 is 5.32 Å². The Morgan fingerprint density at radius 3 is 2.72 bits per heavy atom. The van der Waals surface area contributed by atoms with E-state index < -0.39 is 5.54 Å². The maximum Gasteiger partial charge on any atom is 0.332 e. The lowest BCUT2D eigenvalue weighted by molar-refractivity contribution is -0.145. The van der Waals surface area contributed by atoms with E-state index in [9.17, 15) is 4.79 Å². The summed E-state index contributed by atoms with van der Waals surface area (Å²) in [4.78, 5) is 12.0. The number of thioether (sulfide) groups is 1. The summed E-state index contributed by atoms with van der Waals surface area (Å²) in [5, 5.41) is 4.00. The Bertz CT molecular complexity index is 416. The lowest BCUT2D eigenvalue weighted by Gasteiger charge is -2.35. The smallest absolute Gasteiger partial charge is 0.332 e. The zero-order chi connectivity index (χ0) is 13.0. The average Bonchev–Trinajstić information content (AvgIpc) is 2.41. The van der Waals surface area contributed by atoms with E-state index in [1.165, 1.54) is 7.11 Å². The third-order valence-electron chi connectivity index (χ3n) is 3.04. The third-order valence-corrected chi connectivity index (χ3v) is 4.57. The molecule has 0 bridgehead atoms. The lowest BCUT2D eigenvalue weighted by atomic mass is 9.95. The molecule has 1 aliphatic heterocycles. The Labute approximate surface area is 116 Å². The van der Waals surface area contributed by atoms with Gasteiger partial charge < -0.3 is 10.1 Å². The van der Waals surface area contributed by atoms with Crippen molar-refractivity contribution in [3.63, 3.8) is 0 Å². The van der Waals surface area contributed by atoms with E-state index >= 15 is 0 Å². The molecule has 1 saturated heterocycles. The van der Waals surface area contributed by atoms with Crippen molar-refractivity contribution in [3.05, 3.63) is 29.3 Å². The standard InChI is InChI=1S/C13H16ClNO2S/c1-17-12(16)13(7-2-8-18-9-13)15-11-5-3-10(14)4-6-11/h3-6,15H,2,7-9H2,1H3. The minimum absolute atomic E-state index is 0.190. The first-order valence-electron chi connectivity index (χ1n) is 5.86. The van der Waals surface area contributed by atoms with Crippen LogP contribution in [0, 0.1) is 0 Å². The Morgan fingerprint density at radius 1 is 1.44 bits per heavy atom. The van der Waals surface area contributed by atoms with Crippen molar-refractivity contribution in [1.82, 2.24) is 0 Å². The van der Waals surface area contributed by atoms with Crippen LogP contribution in [0.1, 0.15) is 12.8 Å². The van der Waals surface area contributed by atoms with Crippen molar-refractivity contribution in [2.75, 3.05) is 23.9 Å². The highest BCUT2D eigenvalue weighted by Gasteiger charge is 2.41. The van der Waals surface area contributed by atoms with E-state index in [1.54, 1.807) is 11.8 Å². The SMILES string of the molecule is COC(=O)C1(Nc2ccc(Cl)cc2)CCCSC1. The fourth-order valence-corrected chi connectivity index (χ4v) is 3.41. The molecule has 1 aliphatic rings. The number of benzene rings is 1. The molecule has 0 radical (unpaired) electrons. The summed E-state index contributed by atoms with van der Waals surface area (Å²) >= 11 is 7.63. The number of hydrogen-bond acceptors (Lipinski definition) is 4. The van der Waals surface area contributed by atoms with Gasteiger partial charge in [0.15, 0.2) is 0 Å². The van der Waals surface area contributed by atoms with Crippen LogP contribution in [0.5, 0.6) is 0 Å². The van der Waals surface area contributed by atoms with E-state index in [0.717, 1.165) is 30.0 Å². The predicted molar refractivity (Wildman–Crippen MR) is 76.4 cm³/mol. The van der Waals surface area contributed by atoms with Crippen LogP contribution in [0.4, 0.5) is 5.69 Å². The maximum absolute atomic E-state index is 12.0.